The molecule has 0 saturated heterocycles. The number of aliphatic carboxylic acids is 1. The molecule has 0 aromatic rings. The van der Waals surface area contributed by atoms with Crippen LogP contribution in [-0.2, 0) is 4.79 Å². The fraction of sp³-hybridized carbons (Fsp3) is 0.929. The molecular formula is C14H28O2. The van der Waals surface area contributed by atoms with Crippen molar-refractivity contribution in [2.75, 3.05) is 0 Å². The first-order valence-corrected chi connectivity index (χ1v) is 6.80. The summed E-state index contributed by atoms with van der Waals surface area (Å²) in [6.45, 7) is 6.22. The number of unbranched alkanes of at least 4 members (excludes halogenated alkanes) is 5. The first-order valence-electron chi connectivity index (χ1n) is 6.80. The Balaban J connectivity index is 3.88. The third-order valence-corrected chi connectivity index (χ3v) is 3.43. The van der Waals surface area contributed by atoms with E-state index < -0.39 is 11.4 Å². The third-order valence-electron chi connectivity index (χ3n) is 3.43. The molecule has 0 aromatic carbocycles. The zero-order valence-corrected chi connectivity index (χ0v) is 11.2. The van der Waals surface area contributed by atoms with Gasteiger partial charge in [-0.2, -0.15) is 0 Å². The molecule has 1 atom stereocenters. The molecule has 0 fully saturated rings. The second-order valence-corrected chi connectivity index (χ2v) is 5.13. The molecule has 2 nitrogen and oxygen atoms in total. The summed E-state index contributed by atoms with van der Waals surface area (Å²) in [5, 5.41) is 9.26. The number of carbonyl (C=O) groups is 1. The van der Waals surface area contributed by atoms with Crippen molar-refractivity contribution in [2.24, 2.45) is 5.41 Å². The molecular weight excluding hydrogens is 200 g/mol. The molecule has 16 heavy (non-hydrogen) atoms. The van der Waals surface area contributed by atoms with E-state index in [1.807, 2.05) is 6.92 Å². The average molecular weight is 228 g/mol. The van der Waals surface area contributed by atoms with Crippen LogP contribution in [0, 0.1) is 5.41 Å². The molecule has 2 heteroatoms. The van der Waals surface area contributed by atoms with Gasteiger partial charge >= 0.3 is 5.97 Å². The standard InChI is InChI=1S/C14H28O2/c1-4-6-8-9-10-12-14(3,13(15)16)11-7-5-2/h4-12H2,1-3H3,(H,15,16). The fourth-order valence-electron chi connectivity index (χ4n) is 2.02. The predicted molar refractivity (Wildman–Crippen MR) is 68.6 cm³/mol. The molecule has 0 saturated carbocycles. The van der Waals surface area contributed by atoms with Crippen LogP contribution >= 0.6 is 0 Å². The number of carboxylic acids is 1. The molecule has 0 spiro atoms. The predicted octanol–water partition coefficient (Wildman–Crippen LogP) is 4.63. The molecule has 1 unspecified atom stereocenters. The molecule has 0 rings (SSSR count). The molecule has 0 amide bonds. The van der Waals surface area contributed by atoms with Crippen molar-refractivity contribution in [3.63, 3.8) is 0 Å². The SMILES string of the molecule is CCCCCCCC(C)(CCCC)C(=O)O. The molecule has 0 aliphatic rings. The van der Waals surface area contributed by atoms with Crippen molar-refractivity contribution >= 4 is 5.97 Å². The Labute approximate surface area is 100 Å². The lowest BCUT2D eigenvalue weighted by molar-refractivity contribution is -0.149. The quantitative estimate of drug-likeness (QED) is 0.554. The highest BCUT2D eigenvalue weighted by atomic mass is 16.4. The Bertz CT molecular complexity index is 189. The van der Waals surface area contributed by atoms with E-state index in [1.54, 1.807) is 0 Å². The van der Waals surface area contributed by atoms with Crippen LogP contribution in [0.4, 0.5) is 0 Å². The Morgan fingerprint density at radius 3 is 1.94 bits per heavy atom. The van der Waals surface area contributed by atoms with Crippen molar-refractivity contribution < 1.29 is 9.90 Å². The fourth-order valence-corrected chi connectivity index (χ4v) is 2.02. The van der Waals surface area contributed by atoms with Crippen molar-refractivity contribution in [2.45, 2.75) is 78.6 Å². The maximum absolute atomic E-state index is 11.2. The summed E-state index contributed by atoms with van der Waals surface area (Å²) >= 11 is 0. The molecule has 0 aliphatic heterocycles. The lowest BCUT2D eigenvalue weighted by Crippen LogP contribution is -2.27. The normalized spacial score (nSPS) is 14.7. The first kappa shape index (κ1) is 15.5. The summed E-state index contributed by atoms with van der Waals surface area (Å²) < 4.78 is 0. The lowest BCUT2D eigenvalue weighted by atomic mass is 9.80. The van der Waals surface area contributed by atoms with Gasteiger partial charge in [0.15, 0.2) is 0 Å². The minimum absolute atomic E-state index is 0.484. The highest BCUT2D eigenvalue weighted by molar-refractivity contribution is 5.73. The van der Waals surface area contributed by atoms with E-state index in [9.17, 15) is 9.90 Å². The van der Waals surface area contributed by atoms with Crippen LogP contribution in [0.5, 0.6) is 0 Å². The second kappa shape index (κ2) is 8.60. The Morgan fingerprint density at radius 1 is 0.938 bits per heavy atom. The Kier molecular flexibility index (Phi) is 8.32. The van der Waals surface area contributed by atoms with Gasteiger partial charge in [-0.25, -0.2) is 0 Å². The maximum Gasteiger partial charge on any atom is 0.309 e. The van der Waals surface area contributed by atoms with Crippen molar-refractivity contribution in [1.29, 1.82) is 0 Å². The summed E-state index contributed by atoms with van der Waals surface area (Å²) in [5.41, 5.74) is -0.484. The summed E-state index contributed by atoms with van der Waals surface area (Å²) in [7, 11) is 0. The molecule has 96 valence electrons. The van der Waals surface area contributed by atoms with Gasteiger partial charge in [0.2, 0.25) is 0 Å². The van der Waals surface area contributed by atoms with Crippen molar-refractivity contribution in [1.82, 2.24) is 0 Å². The number of hydrogen-bond acceptors (Lipinski definition) is 1. The lowest BCUT2D eigenvalue weighted by Gasteiger charge is -2.24. The van der Waals surface area contributed by atoms with E-state index >= 15 is 0 Å². The van der Waals surface area contributed by atoms with Crippen molar-refractivity contribution in [3.8, 4) is 0 Å². The van der Waals surface area contributed by atoms with Gasteiger partial charge < -0.3 is 5.11 Å². The molecule has 0 heterocycles. The van der Waals surface area contributed by atoms with Crippen LogP contribution in [-0.4, -0.2) is 11.1 Å². The second-order valence-electron chi connectivity index (χ2n) is 5.13. The molecule has 0 bridgehead atoms. The van der Waals surface area contributed by atoms with Gasteiger partial charge in [0.25, 0.3) is 0 Å². The van der Waals surface area contributed by atoms with Gasteiger partial charge in [-0.3, -0.25) is 4.79 Å². The van der Waals surface area contributed by atoms with E-state index in [2.05, 4.69) is 13.8 Å². The van der Waals surface area contributed by atoms with Crippen LogP contribution in [0.3, 0.4) is 0 Å². The van der Waals surface area contributed by atoms with Crippen LogP contribution in [0.1, 0.15) is 78.6 Å². The van der Waals surface area contributed by atoms with E-state index in [0.717, 1.165) is 32.1 Å². The van der Waals surface area contributed by atoms with E-state index in [-0.39, 0.29) is 0 Å². The van der Waals surface area contributed by atoms with Crippen LogP contribution in [0.25, 0.3) is 0 Å². The van der Waals surface area contributed by atoms with Crippen LogP contribution in [0.2, 0.25) is 0 Å². The molecule has 0 aromatic heterocycles. The van der Waals surface area contributed by atoms with Crippen molar-refractivity contribution in [3.05, 3.63) is 0 Å². The Hall–Kier alpha value is -0.530. The number of rotatable bonds is 10. The summed E-state index contributed by atoms with van der Waals surface area (Å²) in [6, 6.07) is 0. The van der Waals surface area contributed by atoms with E-state index in [0.29, 0.717) is 0 Å². The minimum atomic E-state index is -0.614. The molecule has 1 N–H and O–H groups in total. The molecule has 0 aliphatic carbocycles. The monoisotopic (exact) mass is 228 g/mol. The van der Waals surface area contributed by atoms with Gasteiger partial charge in [-0.15, -0.1) is 0 Å². The zero-order chi connectivity index (χ0) is 12.4. The summed E-state index contributed by atoms with van der Waals surface area (Å²) in [4.78, 5) is 11.2. The minimum Gasteiger partial charge on any atom is -0.481 e. The highest BCUT2D eigenvalue weighted by Crippen LogP contribution is 2.31. The van der Waals surface area contributed by atoms with E-state index in [1.165, 1.54) is 25.7 Å². The molecule has 0 radical (unpaired) electrons. The first-order chi connectivity index (χ1) is 7.56. The zero-order valence-electron chi connectivity index (χ0n) is 11.2. The van der Waals surface area contributed by atoms with Gasteiger partial charge in [0.05, 0.1) is 5.41 Å². The van der Waals surface area contributed by atoms with Crippen LogP contribution < -0.4 is 0 Å². The third kappa shape index (κ3) is 6.14. The topological polar surface area (TPSA) is 37.3 Å². The van der Waals surface area contributed by atoms with Gasteiger partial charge in [-0.05, 0) is 19.8 Å². The van der Waals surface area contributed by atoms with E-state index in [4.69, 9.17) is 0 Å². The largest absolute Gasteiger partial charge is 0.481 e. The average Bonchev–Trinajstić information content (AvgIpc) is 2.26. The maximum atomic E-state index is 11.2. The van der Waals surface area contributed by atoms with Gasteiger partial charge in [0, 0.05) is 0 Å². The van der Waals surface area contributed by atoms with Gasteiger partial charge in [-0.1, -0.05) is 58.8 Å². The number of hydrogen-bond donors (Lipinski definition) is 1. The smallest absolute Gasteiger partial charge is 0.309 e. The highest BCUT2D eigenvalue weighted by Gasteiger charge is 2.31. The number of carboxylic acid groups (broad SMARTS) is 1. The summed E-state index contributed by atoms with van der Waals surface area (Å²) in [5.74, 6) is -0.614. The van der Waals surface area contributed by atoms with Gasteiger partial charge in [0.1, 0.15) is 0 Å². The summed E-state index contributed by atoms with van der Waals surface area (Å²) in [6.07, 6.45) is 9.79. The Morgan fingerprint density at radius 2 is 1.44 bits per heavy atom. The van der Waals surface area contributed by atoms with Crippen LogP contribution in [0.15, 0.2) is 0 Å².